The van der Waals surface area contributed by atoms with Crippen LogP contribution in [0.2, 0.25) is 0 Å². The van der Waals surface area contributed by atoms with Gasteiger partial charge in [0.25, 0.3) is 0 Å². The van der Waals surface area contributed by atoms with Gasteiger partial charge >= 0.3 is 0 Å². The van der Waals surface area contributed by atoms with Crippen LogP contribution < -0.4 is 5.73 Å². The van der Waals surface area contributed by atoms with Gasteiger partial charge in [0.2, 0.25) is 0 Å². The molecule has 2 N–H and O–H groups in total. The Labute approximate surface area is 84.1 Å². The van der Waals surface area contributed by atoms with Crippen molar-refractivity contribution in [3.63, 3.8) is 0 Å². The molecule has 1 aromatic rings. The van der Waals surface area contributed by atoms with Crippen LogP contribution in [-0.2, 0) is 12.5 Å². The Morgan fingerprint density at radius 3 is 2.50 bits per heavy atom. The van der Waals surface area contributed by atoms with Crippen LogP contribution in [0.1, 0.15) is 37.0 Å². The molecular weight excluding hydrogens is 178 g/mol. The Morgan fingerprint density at radius 1 is 1.57 bits per heavy atom. The topological polar surface area (TPSA) is 60.9 Å². The van der Waals surface area contributed by atoms with E-state index >= 15 is 0 Å². The van der Waals surface area contributed by atoms with E-state index in [1.54, 1.807) is 4.68 Å². The maximum absolute atomic E-state index is 11.3. The molecule has 1 aromatic heterocycles. The highest BCUT2D eigenvalue weighted by molar-refractivity contribution is 5.95. The molecular formula is C10H17N3O. The number of ketones is 1. The number of nitrogens with zero attached hydrogens (tertiary/aromatic N) is 2. The number of Topliss-reactive ketones (excluding diaryl/α,β-unsaturated/α-hetero) is 1. The molecule has 0 bridgehead atoms. The summed E-state index contributed by atoms with van der Waals surface area (Å²) in [4.78, 5) is 11.3. The number of aryl methyl sites for hydroxylation is 1. The highest BCUT2D eigenvalue weighted by Crippen LogP contribution is 2.22. The molecule has 0 aliphatic carbocycles. The zero-order chi connectivity index (χ0) is 10.9. The Bertz CT molecular complexity index is 347. The van der Waals surface area contributed by atoms with Crippen LogP contribution >= 0.6 is 0 Å². The van der Waals surface area contributed by atoms with Crippen molar-refractivity contribution in [2.75, 3.05) is 6.54 Å². The van der Waals surface area contributed by atoms with Gasteiger partial charge in [-0.15, -0.1) is 0 Å². The molecule has 0 spiro atoms. The van der Waals surface area contributed by atoms with Gasteiger partial charge in [-0.3, -0.25) is 9.48 Å². The number of carbonyl (C=O) groups is 1. The summed E-state index contributed by atoms with van der Waals surface area (Å²) in [5.41, 5.74) is 6.76. The SMILES string of the molecule is Cn1nc(C(=O)CN)cc1C(C)(C)C. The summed E-state index contributed by atoms with van der Waals surface area (Å²) in [6, 6.07) is 1.81. The van der Waals surface area contributed by atoms with Crippen LogP contribution in [-0.4, -0.2) is 22.1 Å². The molecule has 4 heteroatoms. The Kier molecular flexibility index (Phi) is 2.76. The molecule has 0 aliphatic rings. The summed E-state index contributed by atoms with van der Waals surface area (Å²) >= 11 is 0. The molecule has 0 saturated carbocycles. The first-order chi connectivity index (χ1) is 6.36. The lowest BCUT2D eigenvalue weighted by Crippen LogP contribution is -2.16. The molecule has 0 saturated heterocycles. The van der Waals surface area contributed by atoms with Crippen molar-refractivity contribution in [3.05, 3.63) is 17.5 Å². The van der Waals surface area contributed by atoms with Gasteiger partial charge in [0.15, 0.2) is 5.78 Å². The van der Waals surface area contributed by atoms with Crippen molar-refractivity contribution in [3.8, 4) is 0 Å². The number of hydrogen-bond donors (Lipinski definition) is 1. The average Bonchev–Trinajstić information content (AvgIpc) is 2.45. The van der Waals surface area contributed by atoms with E-state index in [0.29, 0.717) is 5.69 Å². The predicted molar refractivity (Wildman–Crippen MR) is 55.3 cm³/mol. The van der Waals surface area contributed by atoms with Crippen LogP contribution in [0.4, 0.5) is 0 Å². The van der Waals surface area contributed by atoms with Crippen LogP contribution in [0.5, 0.6) is 0 Å². The van der Waals surface area contributed by atoms with Crippen LogP contribution in [0, 0.1) is 0 Å². The molecule has 1 heterocycles. The maximum atomic E-state index is 11.3. The third kappa shape index (κ3) is 2.01. The van der Waals surface area contributed by atoms with Crippen LogP contribution in [0.25, 0.3) is 0 Å². The summed E-state index contributed by atoms with van der Waals surface area (Å²) in [5.74, 6) is -0.115. The third-order valence-corrected chi connectivity index (χ3v) is 2.12. The maximum Gasteiger partial charge on any atom is 0.196 e. The predicted octanol–water partition coefficient (Wildman–Crippen LogP) is 0.859. The molecule has 4 nitrogen and oxygen atoms in total. The van der Waals surface area contributed by atoms with Gasteiger partial charge in [-0.25, -0.2) is 0 Å². The Hall–Kier alpha value is -1.16. The molecule has 0 fully saturated rings. The van der Waals surface area contributed by atoms with Crippen molar-refractivity contribution < 1.29 is 4.79 Å². The molecule has 0 atom stereocenters. The van der Waals surface area contributed by atoms with Crippen molar-refractivity contribution in [1.29, 1.82) is 0 Å². The summed E-state index contributed by atoms with van der Waals surface area (Å²) in [6.07, 6.45) is 0. The Morgan fingerprint density at radius 2 is 2.14 bits per heavy atom. The fraction of sp³-hybridized carbons (Fsp3) is 0.600. The third-order valence-electron chi connectivity index (χ3n) is 2.12. The molecule has 0 aromatic carbocycles. The van der Waals surface area contributed by atoms with Crippen molar-refractivity contribution in [2.24, 2.45) is 12.8 Å². The zero-order valence-electron chi connectivity index (χ0n) is 9.16. The Balaban J connectivity index is 3.12. The van der Waals surface area contributed by atoms with Gasteiger partial charge in [0.05, 0.1) is 6.54 Å². The molecule has 14 heavy (non-hydrogen) atoms. The second-order valence-corrected chi connectivity index (χ2v) is 4.42. The van der Waals surface area contributed by atoms with Gasteiger partial charge in [0.1, 0.15) is 5.69 Å². The first-order valence-electron chi connectivity index (χ1n) is 4.64. The zero-order valence-corrected chi connectivity index (χ0v) is 9.16. The molecule has 0 unspecified atom stereocenters. The highest BCUT2D eigenvalue weighted by atomic mass is 16.1. The second kappa shape index (κ2) is 3.53. The minimum absolute atomic E-state index is 0.00508. The number of rotatable bonds is 2. The first kappa shape index (κ1) is 10.9. The molecule has 0 aliphatic heterocycles. The average molecular weight is 195 g/mol. The first-order valence-corrected chi connectivity index (χ1v) is 4.64. The lowest BCUT2D eigenvalue weighted by Gasteiger charge is -2.17. The van der Waals surface area contributed by atoms with Gasteiger partial charge in [-0.2, -0.15) is 5.10 Å². The lowest BCUT2D eigenvalue weighted by molar-refractivity contribution is 0.0996. The summed E-state index contributed by atoms with van der Waals surface area (Å²) in [5, 5.41) is 4.13. The molecule has 0 radical (unpaired) electrons. The fourth-order valence-electron chi connectivity index (χ4n) is 1.41. The van der Waals surface area contributed by atoms with E-state index in [1.165, 1.54) is 0 Å². The van der Waals surface area contributed by atoms with Crippen molar-refractivity contribution >= 4 is 5.78 Å². The van der Waals surface area contributed by atoms with Gasteiger partial charge in [-0.1, -0.05) is 20.8 Å². The van der Waals surface area contributed by atoms with Crippen LogP contribution in [0.15, 0.2) is 6.07 Å². The van der Waals surface area contributed by atoms with E-state index in [4.69, 9.17) is 5.73 Å². The standard InChI is InChI=1S/C10H17N3O/c1-10(2,3)9-5-7(8(14)6-11)12-13(9)4/h5H,6,11H2,1-4H3. The number of hydrogen-bond acceptors (Lipinski definition) is 3. The molecule has 78 valence electrons. The fourth-order valence-corrected chi connectivity index (χ4v) is 1.41. The summed E-state index contributed by atoms with van der Waals surface area (Å²) < 4.78 is 1.74. The van der Waals surface area contributed by atoms with Crippen molar-refractivity contribution in [2.45, 2.75) is 26.2 Å². The van der Waals surface area contributed by atoms with Crippen LogP contribution in [0.3, 0.4) is 0 Å². The number of aromatic nitrogens is 2. The minimum Gasteiger partial charge on any atom is -0.324 e. The van der Waals surface area contributed by atoms with Gasteiger partial charge in [-0.05, 0) is 6.07 Å². The highest BCUT2D eigenvalue weighted by Gasteiger charge is 2.21. The van der Waals surface area contributed by atoms with E-state index in [1.807, 2.05) is 13.1 Å². The normalized spacial score (nSPS) is 11.8. The largest absolute Gasteiger partial charge is 0.324 e. The molecule has 0 amide bonds. The van der Waals surface area contributed by atoms with E-state index < -0.39 is 0 Å². The van der Waals surface area contributed by atoms with E-state index in [2.05, 4.69) is 25.9 Å². The van der Waals surface area contributed by atoms with Gasteiger partial charge in [0, 0.05) is 18.2 Å². The van der Waals surface area contributed by atoms with Gasteiger partial charge < -0.3 is 5.73 Å². The van der Waals surface area contributed by atoms with E-state index in [0.717, 1.165) is 5.69 Å². The molecule has 1 rings (SSSR count). The number of carbonyl (C=O) groups excluding carboxylic acids is 1. The lowest BCUT2D eigenvalue weighted by atomic mass is 9.92. The summed E-state index contributed by atoms with van der Waals surface area (Å²) in [7, 11) is 1.84. The smallest absolute Gasteiger partial charge is 0.196 e. The monoisotopic (exact) mass is 195 g/mol. The second-order valence-electron chi connectivity index (χ2n) is 4.42. The quantitative estimate of drug-likeness (QED) is 0.712. The van der Waals surface area contributed by atoms with Crippen molar-refractivity contribution in [1.82, 2.24) is 9.78 Å². The minimum atomic E-state index is -0.115. The van der Waals surface area contributed by atoms with E-state index in [9.17, 15) is 4.79 Å². The number of nitrogens with two attached hydrogens (primary N) is 1. The summed E-state index contributed by atoms with van der Waals surface area (Å²) in [6.45, 7) is 6.27. The van der Waals surface area contributed by atoms with E-state index in [-0.39, 0.29) is 17.7 Å².